The molecule has 0 bridgehead atoms. The summed E-state index contributed by atoms with van der Waals surface area (Å²) in [6.07, 6.45) is 5.42. The Morgan fingerprint density at radius 1 is 1.12 bits per heavy atom. The summed E-state index contributed by atoms with van der Waals surface area (Å²) in [6.45, 7) is 2.22. The second kappa shape index (κ2) is 7.11. The van der Waals surface area contributed by atoms with Crippen molar-refractivity contribution in [2.24, 2.45) is 0 Å². The monoisotopic (exact) mass is 353 g/mol. The lowest BCUT2D eigenvalue weighted by molar-refractivity contribution is 0.102. The van der Waals surface area contributed by atoms with E-state index in [4.69, 9.17) is 4.42 Å². The summed E-state index contributed by atoms with van der Waals surface area (Å²) in [5, 5.41) is 5.35. The van der Waals surface area contributed by atoms with Crippen LogP contribution in [0.5, 0.6) is 0 Å². The molecule has 4 rings (SSSR count). The SMILES string of the molecule is O=C(Nc1ccc(N2CCCCC2)cc1)c1csc(-c2ccco2)n1. The fraction of sp³-hybridized carbons (Fsp3) is 0.263. The Balaban J connectivity index is 1.42. The van der Waals surface area contributed by atoms with Crippen LogP contribution >= 0.6 is 11.3 Å². The Morgan fingerprint density at radius 3 is 2.64 bits per heavy atom. The summed E-state index contributed by atoms with van der Waals surface area (Å²) in [6, 6.07) is 11.7. The van der Waals surface area contributed by atoms with Gasteiger partial charge in [-0.15, -0.1) is 11.3 Å². The third-order valence-corrected chi connectivity index (χ3v) is 5.17. The van der Waals surface area contributed by atoms with E-state index in [1.54, 1.807) is 17.7 Å². The first-order valence-corrected chi connectivity index (χ1v) is 9.33. The number of hydrogen-bond donors (Lipinski definition) is 1. The lowest BCUT2D eigenvalue weighted by atomic mass is 10.1. The molecular formula is C19H19N3O2S. The Hall–Kier alpha value is -2.60. The Bertz CT molecular complexity index is 834. The molecule has 128 valence electrons. The zero-order valence-electron chi connectivity index (χ0n) is 13.8. The van der Waals surface area contributed by atoms with Crippen LogP contribution in [-0.4, -0.2) is 24.0 Å². The number of furan rings is 1. The van der Waals surface area contributed by atoms with Gasteiger partial charge in [0.2, 0.25) is 0 Å². The number of amides is 1. The summed E-state index contributed by atoms with van der Waals surface area (Å²) >= 11 is 1.40. The normalized spacial score (nSPS) is 14.5. The van der Waals surface area contributed by atoms with Gasteiger partial charge in [-0.1, -0.05) is 0 Å². The lowest BCUT2D eigenvalue weighted by Crippen LogP contribution is -2.29. The van der Waals surface area contributed by atoms with E-state index in [1.165, 1.54) is 36.3 Å². The van der Waals surface area contributed by atoms with Crippen molar-refractivity contribution < 1.29 is 9.21 Å². The number of hydrogen-bond acceptors (Lipinski definition) is 5. The van der Waals surface area contributed by atoms with Crippen molar-refractivity contribution in [1.29, 1.82) is 0 Å². The van der Waals surface area contributed by atoms with E-state index in [9.17, 15) is 4.79 Å². The largest absolute Gasteiger partial charge is 0.462 e. The molecule has 0 radical (unpaired) electrons. The molecule has 0 saturated carbocycles. The first-order valence-electron chi connectivity index (χ1n) is 8.45. The zero-order valence-corrected chi connectivity index (χ0v) is 14.6. The van der Waals surface area contributed by atoms with Crippen molar-refractivity contribution in [2.45, 2.75) is 19.3 Å². The topological polar surface area (TPSA) is 58.4 Å². The summed E-state index contributed by atoms with van der Waals surface area (Å²) in [5.74, 6) is 0.467. The zero-order chi connectivity index (χ0) is 17.1. The van der Waals surface area contributed by atoms with Crippen LogP contribution in [0.25, 0.3) is 10.8 Å². The molecule has 3 aromatic rings. The quantitative estimate of drug-likeness (QED) is 0.742. The first kappa shape index (κ1) is 15.9. The van der Waals surface area contributed by atoms with Gasteiger partial charge in [-0.25, -0.2) is 4.98 Å². The molecule has 1 amide bonds. The lowest BCUT2D eigenvalue weighted by Gasteiger charge is -2.28. The van der Waals surface area contributed by atoms with E-state index in [0.29, 0.717) is 16.5 Å². The van der Waals surface area contributed by atoms with Crippen LogP contribution < -0.4 is 10.2 Å². The van der Waals surface area contributed by atoms with E-state index >= 15 is 0 Å². The highest BCUT2D eigenvalue weighted by Crippen LogP contribution is 2.25. The predicted molar refractivity (Wildman–Crippen MR) is 100 cm³/mol. The summed E-state index contributed by atoms with van der Waals surface area (Å²) in [5.41, 5.74) is 2.39. The highest BCUT2D eigenvalue weighted by molar-refractivity contribution is 7.13. The summed E-state index contributed by atoms with van der Waals surface area (Å²) in [4.78, 5) is 19.1. The molecule has 0 aliphatic carbocycles. The number of piperidine rings is 1. The molecule has 6 heteroatoms. The number of anilines is 2. The molecule has 1 aliphatic rings. The molecule has 1 N–H and O–H groups in total. The highest BCUT2D eigenvalue weighted by atomic mass is 32.1. The van der Waals surface area contributed by atoms with E-state index in [1.807, 2.05) is 18.2 Å². The second-order valence-corrected chi connectivity index (χ2v) is 6.92. The second-order valence-electron chi connectivity index (χ2n) is 6.06. The molecule has 1 aromatic carbocycles. The number of benzene rings is 1. The smallest absolute Gasteiger partial charge is 0.275 e. The molecule has 2 aromatic heterocycles. The Morgan fingerprint density at radius 2 is 1.92 bits per heavy atom. The minimum atomic E-state index is -0.209. The molecular weight excluding hydrogens is 334 g/mol. The average Bonchev–Trinajstić information content (AvgIpc) is 3.35. The average molecular weight is 353 g/mol. The van der Waals surface area contributed by atoms with Gasteiger partial charge in [0.25, 0.3) is 5.91 Å². The van der Waals surface area contributed by atoms with Crippen LogP contribution in [0.2, 0.25) is 0 Å². The Kier molecular flexibility index (Phi) is 4.52. The van der Waals surface area contributed by atoms with E-state index < -0.39 is 0 Å². The summed E-state index contributed by atoms with van der Waals surface area (Å²) < 4.78 is 5.31. The molecule has 5 nitrogen and oxygen atoms in total. The van der Waals surface area contributed by atoms with Gasteiger partial charge in [0, 0.05) is 29.8 Å². The van der Waals surface area contributed by atoms with Gasteiger partial charge in [0.1, 0.15) is 5.69 Å². The van der Waals surface area contributed by atoms with Crippen LogP contribution in [0.4, 0.5) is 11.4 Å². The van der Waals surface area contributed by atoms with Crippen molar-refractivity contribution in [3.8, 4) is 10.8 Å². The maximum atomic E-state index is 12.4. The van der Waals surface area contributed by atoms with Crippen molar-refractivity contribution >= 4 is 28.6 Å². The number of carbonyl (C=O) groups is 1. The number of nitrogens with one attached hydrogen (secondary N) is 1. The van der Waals surface area contributed by atoms with Gasteiger partial charge in [-0.2, -0.15) is 0 Å². The number of aromatic nitrogens is 1. The molecule has 0 atom stereocenters. The van der Waals surface area contributed by atoms with Gasteiger partial charge in [0.15, 0.2) is 10.8 Å². The number of nitrogens with zero attached hydrogens (tertiary/aromatic N) is 2. The fourth-order valence-electron chi connectivity index (χ4n) is 2.99. The predicted octanol–water partition coefficient (Wildman–Crippen LogP) is 4.65. The minimum Gasteiger partial charge on any atom is -0.462 e. The van der Waals surface area contributed by atoms with Crippen molar-refractivity contribution in [2.75, 3.05) is 23.3 Å². The standard InChI is InChI=1S/C19H19N3O2S/c23-18(16-13-25-19(21-16)17-5-4-12-24-17)20-14-6-8-15(9-7-14)22-10-2-1-3-11-22/h4-9,12-13H,1-3,10-11H2,(H,20,23). The minimum absolute atomic E-state index is 0.209. The first-order chi connectivity index (χ1) is 12.3. The van der Waals surface area contributed by atoms with Gasteiger partial charge in [-0.05, 0) is 55.7 Å². The third-order valence-electron chi connectivity index (χ3n) is 4.32. The summed E-state index contributed by atoms with van der Waals surface area (Å²) in [7, 11) is 0. The van der Waals surface area contributed by atoms with Crippen LogP contribution in [0.15, 0.2) is 52.5 Å². The maximum absolute atomic E-state index is 12.4. The van der Waals surface area contributed by atoms with Crippen molar-refractivity contribution in [3.63, 3.8) is 0 Å². The number of rotatable bonds is 4. The molecule has 0 unspecified atom stereocenters. The maximum Gasteiger partial charge on any atom is 0.275 e. The van der Waals surface area contributed by atoms with Crippen LogP contribution in [0.1, 0.15) is 29.8 Å². The van der Waals surface area contributed by atoms with E-state index in [2.05, 4.69) is 27.3 Å². The van der Waals surface area contributed by atoms with Gasteiger partial charge >= 0.3 is 0 Å². The van der Waals surface area contributed by atoms with Gasteiger partial charge in [0.05, 0.1) is 6.26 Å². The van der Waals surface area contributed by atoms with Gasteiger partial charge in [-0.3, -0.25) is 4.79 Å². The van der Waals surface area contributed by atoms with Crippen LogP contribution in [0, 0.1) is 0 Å². The van der Waals surface area contributed by atoms with Crippen molar-refractivity contribution in [3.05, 3.63) is 53.7 Å². The highest BCUT2D eigenvalue weighted by Gasteiger charge is 2.14. The van der Waals surface area contributed by atoms with E-state index in [0.717, 1.165) is 18.8 Å². The Labute approximate surface area is 150 Å². The van der Waals surface area contributed by atoms with Crippen molar-refractivity contribution in [1.82, 2.24) is 4.98 Å². The van der Waals surface area contributed by atoms with Crippen LogP contribution in [-0.2, 0) is 0 Å². The fourth-order valence-corrected chi connectivity index (χ4v) is 3.76. The molecule has 25 heavy (non-hydrogen) atoms. The number of carbonyl (C=O) groups excluding carboxylic acids is 1. The molecule has 3 heterocycles. The van der Waals surface area contributed by atoms with Crippen LogP contribution in [0.3, 0.4) is 0 Å². The van der Waals surface area contributed by atoms with Gasteiger partial charge < -0.3 is 14.6 Å². The molecule has 0 spiro atoms. The number of thiazole rings is 1. The third kappa shape index (κ3) is 3.58. The molecule has 1 aliphatic heterocycles. The molecule has 1 saturated heterocycles. The van der Waals surface area contributed by atoms with E-state index in [-0.39, 0.29) is 5.91 Å². The molecule has 1 fully saturated rings.